The van der Waals surface area contributed by atoms with E-state index >= 15 is 0 Å². The summed E-state index contributed by atoms with van der Waals surface area (Å²) in [4.78, 5) is 26.5. The van der Waals surface area contributed by atoms with Gasteiger partial charge in [0.1, 0.15) is 0 Å². The van der Waals surface area contributed by atoms with Gasteiger partial charge in [-0.1, -0.05) is 0 Å². The van der Waals surface area contributed by atoms with Crippen LogP contribution in [-0.4, -0.2) is 52.3 Å². The summed E-state index contributed by atoms with van der Waals surface area (Å²) in [6.07, 6.45) is 7.53. The minimum atomic E-state index is -0.0400. The maximum Gasteiger partial charge on any atom is 0.227 e. The Balaban J connectivity index is 1.43. The number of carbonyl (C=O) groups excluding carboxylic acids is 2. The minimum Gasteiger partial charge on any atom is -0.378 e. The molecule has 1 atom stereocenters. The summed E-state index contributed by atoms with van der Waals surface area (Å²) in [5, 5.41) is 7.08. The van der Waals surface area contributed by atoms with Crippen LogP contribution in [0.5, 0.6) is 0 Å². The van der Waals surface area contributed by atoms with Gasteiger partial charge in [0.05, 0.1) is 24.4 Å². The first-order chi connectivity index (χ1) is 11.7. The summed E-state index contributed by atoms with van der Waals surface area (Å²) in [6, 6.07) is 0. The van der Waals surface area contributed by atoms with Gasteiger partial charge in [0.25, 0.3) is 0 Å². The number of rotatable bonds is 5. The standard InChI is InChI=1S/C17H26N4O3/c1-2-21-12-14(11-18-21)19-17(23)13-5-7-20(8-6-13)16(22)10-15-4-3-9-24-15/h11-13,15H,2-10H2,1H3,(H,19,23). The summed E-state index contributed by atoms with van der Waals surface area (Å²) < 4.78 is 7.31. The number of carbonyl (C=O) groups is 2. The van der Waals surface area contributed by atoms with Crippen LogP contribution >= 0.6 is 0 Å². The molecule has 1 aromatic heterocycles. The summed E-state index contributed by atoms with van der Waals surface area (Å²) in [5.41, 5.74) is 0.735. The summed E-state index contributed by atoms with van der Waals surface area (Å²) in [5.74, 6) is 0.142. The highest BCUT2D eigenvalue weighted by Gasteiger charge is 2.29. The van der Waals surface area contributed by atoms with Crippen molar-refractivity contribution in [3.8, 4) is 0 Å². The lowest BCUT2D eigenvalue weighted by Gasteiger charge is -2.31. The molecule has 0 radical (unpaired) electrons. The number of hydrogen-bond donors (Lipinski definition) is 1. The predicted molar refractivity (Wildman–Crippen MR) is 89.4 cm³/mol. The zero-order valence-corrected chi connectivity index (χ0v) is 14.2. The molecule has 7 heteroatoms. The second kappa shape index (κ2) is 7.79. The zero-order chi connectivity index (χ0) is 16.9. The molecule has 2 aliphatic rings. The van der Waals surface area contributed by atoms with Gasteiger partial charge in [0.15, 0.2) is 0 Å². The molecule has 1 unspecified atom stereocenters. The Morgan fingerprint density at radius 3 is 2.75 bits per heavy atom. The van der Waals surface area contributed by atoms with E-state index in [2.05, 4.69) is 10.4 Å². The third-order valence-electron chi connectivity index (χ3n) is 4.87. The van der Waals surface area contributed by atoms with Gasteiger partial charge in [0, 0.05) is 38.4 Å². The maximum atomic E-state index is 12.3. The van der Waals surface area contributed by atoms with Crippen molar-refractivity contribution in [2.24, 2.45) is 5.92 Å². The summed E-state index contributed by atoms with van der Waals surface area (Å²) in [6.45, 7) is 4.85. The van der Waals surface area contributed by atoms with Crippen LogP contribution in [-0.2, 0) is 20.9 Å². The Hall–Kier alpha value is -1.89. The largest absolute Gasteiger partial charge is 0.378 e. The highest BCUT2D eigenvalue weighted by Crippen LogP contribution is 2.22. The van der Waals surface area contributed by atoms with Crippen LogP contribution in [0.15, 0.2) is 12.4 Å². The third kappa shape index (κ3) is 4.14. The van der Waals surface area contributed by atoms with Crippen molar-refractivity contribution in [2.75, 3.05) is 25.0 Å². The third-order valence-corrected chi connectivity index (χ3v) is 4.87. The van der Waals surface area contributed by atoms with Crippen LogP contribution in [0.4, 0.5) is 5.69 Å². The number of anilines is 1. The molecule has 132 valence electrons. The van der Waals surface area contributed by atoms with Gasteiger partial charge < -0.3 is 15.0 Å². The summed E-state index contributed by atoms with van der Waals surface area (Å²) in [7, 11) is 0. The van der Waals surface area contributed by atoms with Crippen LogP contribution in [0.3, 0.4) is 0 Å². The van der Waals surface area contributed by atoms with Crippen LogP contribution < -0.4 is 5.32 Å². The molecule has 7 nitrogen and oxygen atoms in total. The van der Waals surface area contributed by atoms with Gasteiger partial charge in [-0.15, -0.1) is 0 Å². The van der Waals surface area contributed by atoms with Crippen molar-refractivity contribution >= 4 is 17.5 Å². The molecule has 1 N–H and O–H groups in total. The fourth-order valence-electron chi connectivity index (χ4n) is 3.37. The van der Waals surface area contributed by atoms with Gasteiger partial charge >= 0.3 is 0 Å². The van der Waals surface area contributed by atoms with Crippen molar-refractivity contribution in [1.82, 2.24) is 14.7 Å². The highest BCUT2D eigenvalue weighted by atomic mass is 16.5. The number of nitrogens with one attached hydrogen (secondary N) is 1. The smallest absolute Gasteiger partial charge is 0.227 e. The molecular formula is C17H26N4O3. The fraction of sp³-hybridized carbons (Fsp3) is 0.706. The lowest BCUT2D eigenvalue weighted by Crippen LogP contribution is -2.42. The van der Waals surface area contributed by atoms with Crippen molar-refractivity contribution in [2.45, 2.75) is 51.7 Å². The van der Waals surface area contributed by atoms with E-state index < -0.39 is 0 Å². The van der Waals surface area contributed by atoms with E-state index in [4.69, 9.17) is 4.74 Å². The lowest BCUT2D eigenvalue weighted by molar-refractivity contribution is -0.136. The van der Waals surface area contributed by atoms with Crippen molar-refractivity contribution in [3.05, 3.63) is 12.4 Å². The molecule has 3 rings (SSSR count). The van der Waals surface area contributed by atoms with Crippen molar-refractivity contribution in [3.63, 3.8) is 0 Å². The first kappa shape index (κ1) is 17.0. The minimum absolute atomic E-state index is 0.0249. The van der Waals surface area contributed by atoms with E-state index in [9.17, 15) is 9.59 Å². The molecular weight excluding hydrogens is 308 g/mol. The monoisotopic (exact) mass is 334 g/mol. The van der Waals surface area contributed by atoms with E-state index in [1.54, 1.807) is 10.9 Å². The number of hydrogen-bond acceptors (Lipinski definition) is 4. The number of ether oxygens (including phenoxy) is 1. The number of piperidine rings is 1. The van der Waals surface area contributed by atoms with E-state index in [1.807, 2.05) is 18.0 Å². The second-order valence-electron chi connectivity index (χ2n) is 6.57. The summed E-state index contributed by atoms with van der Waals surface area (Å²) >= 11 is 0. The first-order valence-corrected chi connectivity index (χ1v) is 8.88. The van der Waals surface area contributed by atoms with Crippen molar-refractivity contribution < 1.29 is 14.3 Å². The molecule has 2 amide bonds. The maximum absolute atomic E-state index is 12.3. The Bertz CT molecular complexity index is 572. The molecule has 1 aromatic rings. The van der Waals surface area contributed by atoms with Gasteiger partial charge in [-0.2, -0.15) is 5.10 Å². The number of likely N-dealkylation sites (tertiary alicyclic amines) is 1. The first-order valence-electron chi connectivity index (χ1n) is 8.88. The molecule has 0 bridgehead atoms. The Kier molecular flexibility index (Phi) is 5.50. The molecule has 3 heterocycles. The lowest BCUT2D eigenvalue weighted by atomic mass is 9.95. The molecule has 2 aliphatic heterocycles. The van der Waals surface area contributed by atoms with E-state index in [1.165, 1.54) is 0 Å². The SMILES string of the molecule is CCn1cc(NC(=O)C2CCN(C(=O)CC3CCCO3)CC2)cn1. The van der Waals surface area contributed by atoms with Gasteiger partial charge in [0.2, 0.25) is 11.8 Å². The molecule has 0 aromatic carbocycles. The van der Waals surface area contributed by atoms with E-state index in [0.29, 0.717) is 32.4 Å². The topological polar surface area (TPSA) is 76.5 Å². The normalized spacial score (nSPS) is 21.9. The van der Waals surface area contributed by atoms with Gasteiger partial charge in [-0.3, -0.25) is 14.3 Å². The van der Waals surface area contributed by atoms with E-state index in [0.717, 1.165) is 31.7 Å². The molecule has 24 heavy (non-hydrogen) atoms. The second-order valence-corrected chi connectivity index (χ2v) is 6.57. The van der Waals surface area contributed by atoms with Crippen LogP contribution in [0.25, 0.3) is 0 Å². The Morgan fingerprint density at radius 1 is 1.33 bits per heavy atom. The Morgan fingerprint density at radius 2 is 2.12 bits per heavy atom. The highest BCUT2D eigenvalue weighted by molar-refractivity contribution is 5.92. The zero-order valence-electron chi connectivity index (χ0n) is 14.2. The van der Waals surface area contributed by atoms with Crippen LogP contribution in [0, 0.1) is 5.92 Å². The predicted octanol–water partition coefficient (Wildman–Crippen LogP) is 1.65. The van der Waals surface area contributed by atoms with E-state index in [-0.39, 0.29) is 23.8 Å². The number of aromatic nitrogens is 2. The fourth-order valence-corrected chi connectivity index (χ4v) is 3.37. The molecule has 0 spiro atoms. The molecule has 0 saturated carbocycles. The Labute approximate surface area is 142 Å². The quantitative estimate of drug-likeness (QED) is 0.888. The molecule has 2 saturated heterocycles. The average Bonchev–Trinajstić information content (AvgIpc) is 3.26. The van der Waals surface area contributed by atoms with Crippen LogP contribution in [0.2, 0.25) is 0 Å². The number of nitrogens with zero attached hydrogens (tertiary/aromatic N) is 3. The number of aryl methyl sites for hydroxylation is 1. The molecule has 2 fully saturated rings. The van der Waals surface area contributed by atoms with Crippen molar-refractivity contribution in [1.29, 1.82) is 0 Å². The van der Waals surface area contributed by atoms with Gasteiger partial charge in [-0.25, -0.2) is 0 Å². The molecule has 0 aliphatic carbocycles. The average molecular weight is 334 g/mol. The number of amides is 2. The van der Waals surface area contributed by atoms with Crippen LogP contribution in [0.1, 0.15) is 39.0 Å². The van der Waals surface area contributed by atoms with Gasteiger partial charge in [-0.05, 0) is 32.6 Å².